The zero-order chi connectivity index (χ0) is 15.8. The summed E-state index contributed by atoms with van der Waals surface area (Å²) in [5.41, 5.74) is 0.826. The molecule has 0 aliphatic carbocycles. The van der Waals surface area contributed by atoms with Gasteiger partial charge in [0, 0.05) is 25.8 Å². The second-order valence-corrected chi connectivity index (χ2v) is 6.04. The first kappa shape index (κ1) is 14.0. The predicted molar refractivity (Wildman–Crippen MR) is 82.8 cm³/mol. The first-order valence-corrected chi connectivity index (χ1v) is 7.78. The lowest BCUT2D eigenvalue weighted by molar-refractivity contribution is -0.124. The van der Waals surface area contributed by atoms with Crippen molar-refractivity contribution in [2.24, 2.45) is 11.8 Å². The number of pyridine rings is 1. The molecular weight excluding hydrogens is 294 g/mol. The third-order valence-corrected chi connectivity index (χ3v) is 4.72. The molecular formula is C17H17N3O3. The minimum absolute atomic E-state index is 0.0870. The maximum Gasteiger partial charge on any atom is 0.289 e. The number of nitrogens with zero attached hydrogens (tertiary/aromatic N) is 3. The molecule has 6 heteroatoms. The standard InChI is InChI=1S/C17H17N3O3/c21-16-14-11-19(17(22)15-4-2-8-23-15)10-12(14)5-7-20(16)13-3-1-6-18-9-13/h1-4,6,8-9,12,14H,5,7,10-11H2. The Balaban J connectivity index is 1.52. The van der Waals surface area contributed by atoms with E-state index in [-0.39, 0.29) is 23.7 Å². The number of likely N-dealkylation sites (tertiary alicyclic amines) is 1. The Hall–Kier alpha value is -2.63. The molecule has 2 unspecified atom stereocenters. The summed E-state index contributed by atoms with van der Waals surface area (Å²) in [6.45, 7) is 1.76. The lowest BCUT2D eigenvalue weighted by Crippen LogP contribution is -2.45. The molecule has 0 radical (unpaired) electrons. The maximum atomic E-state index is 12.8. The number of carbonyl (C=O) groups excluding carboxylic acids is 2. The Bertz CT molecular complexity index is 714. The molecule has 2 aromatic heterocycles. The van der Waals surface area contributed by atoms with Crippen molar-refractivity contribution in [2.45, 2.75) is 6.42 Å². The fraction of sp³-hybridized carbons (Fsp3) is 0.353. The van der Waals surface area contributed by atoms with Crippen molar-refractivity contribution in [2.75, 3.05) is 24.5 Å². The minimum Gasteiger partial charge on any atom is -0.459 e. The Morgan fingerprint density at radius 1 is 1.26 bits per heavy atom. The number of furan rings is 1. The normalized spacial score (nSPS) is 23.9. The van der Waals surface area contributed by atoms with E-state index < -0.39 is 0 Å². The molecule has 2 aliphatic heterocycles. The topological polar surface area (TPSA) is 66.7 Å². The molecule has 118 valence electrons. The van der Waals surface area contributed by atoms with Gasteiger partial charge >= 0.3 is 0 Å². The minimum atomic E-state index is -0.136. The zero-order valence-electron chi connectivity index (χ0n) is 12.6. The van der Waals surface area contributed by atoms with Crippen molar-refractivity contribution < 1.29 is 14.0 Å². The smallest absolute Gasteiger partial charge is 0.289 e. The summed E-state index contributed by atoms with van der Waals surface area (Å²) in [4.78, 5) is 32.8. The number of amides is 2. The molecule has 4 rings (SSSR count). The molecule has 2 aliphatic rings. The Labute approximate surface area is 133 Å². The third kappa shape index (κ3) is 2.40. The second-order valence-electron chi connectivity index (χ2n) is 6.04. The Morgan fingerprint density at radius 3 is 2.91 bits per heavy atom. The first-order chi connectivity index (χ1) is 11.2. The summed E-state index contributed by atoms with van der Waals surface area (Å²) in [6.07, 6.45) is 5.79. The van der Waals surface area contributed by atoms with E-state index in [0.717, 1.165) is 12.1 Å². The molecule has 4 heterocycles. The summed E-state index contributed by atoms with van der Waals surface area (Å²) in [7, 11) is 0. The van der Waals surface area contributed by atoms with Gasteiger partial charge < -0.3 is 14.2 Å². The van der Waals surface area contributed by atoms with Gasteiger partial charge in [-0.25, -0.2) is 0 Å². The van der Waals surface area contributed by atoms with E-state index in [2.05, 4.69) is 4.98 Å². The van der Waals surface area contributed by atoms with E-state index in [0.29, 0.717) is 25.4 Å². The van der Waals surface area contributed by atoms with Crippen molar-refractivity contribution >= 4 is 17.5 Å². The maximum absolute atomic E-state index is 12.8. The van der Waals surface area contributed by atoms with Gasteiger partial charge in [-0.2, -0.15) is 0 Å². The van der Waals surface area contributed by atoms with Gasteiger partial charge in [0.15, 0.2) is 5.76 Å². The first-order valence-electron chi connectivity index (χ1n) is 7.78. The van der Waals surface area contributed by atoms with E-state index in [9.17, 15) is 9.59 Å². The van der Waals surface area contributed by atoms with Gasteiger partial charge in [-0.15, -0.1) is 0 Å². The summed E-state index contributed by atoms with van der Waals surface area (Å²) < 4.78 is 5.18. The summed E-state index contributed by atoms with van der Waals surface area (Å²) in [5, 5.41) is 0. The molecule has 2 amide bonds. The summed E-state index contributed by atoms with van der Waals surface area (Å²) in [6, 6.07) is 7.09. The quantitative estimate of drug-likeness (QED) is 0.848. The molecule has 0 spiro atoms. The fourth-order valence-corrected chi connectivity index (χ4v) is 3.54. The summed E-state index contributed by atoms with van der Waals surface area (Å²) in [5.74, 6) is 0.381. The highest BCUT2D eigenvalue weighted by atomic mass is 16.3. The molecule has 6 nitrogen and oxygen atoms in total. The van der Waals surface area contributed by atoms with Gasteiger partial charge in [0.1, 0.15) is 0 Å². The van der Waals surface area contributed by atoms with Crippen molar-refractivity contribution in [1.29, 1.82) is 0 Å². The average molecular weight is 311 g/mol. The van der Waals surface area contributed by atoms with Gasteiger partial charge in [0.2, 0.25) is 5.91 Å². The van der Waals surface area contributed by atoms with Gasteiger partial charge in [-0.1, -0.05) is 0 Å². The number of rotatable bonds is 2. The van der Waals surface area contributed by atoms with E-state index in [1.807, 2.05) is 12.1 Å². The van der Waals surface area contributed by atoms with Crippen LogP contribution in [0.4, 0.5) is 5.69 Å². The summed E-state index contributed by atoms with van der Waals surface area (Å²) >= 11 is 0. The monoisotopic (exact) mass is 311 g/mol. The third-order valence-electron chi connectivity index (χ3n) is 4.72. The van der Waals surface area contributed by atoms with Crippen molar-refractivity contribution in [3.8, 4) is 0 Å². The molecule has 2 atom stereocenters. The van der Waals surface area contributed by atoms with Crippen LogP contribution in [0.1, 0.15) is 17.0 Å². The molecule has 2 fully saturated rings. The largest absolute Gasteiger partial charge is 0.459 e. The van der Waals surface area contributed by atoms with Gasteiger partial charge in [0.25, 0.3) is 5.91 Å². The lowest BCUT2D eigenvalue weighted by Gasteiger charge is -2.33. The van der Waals surface area contributed by atoms with Gasteiger partial charge in [0.05, 0.1) is 24.1 Å². The SMILES string of the molecule is O=C(c1ccco1)N1CC2CCN(c3cccnc3)C(=O)C2C1. The number of hydrogen-bond acceptors (Lipinski definition) is 4. The van der Waals surface area contributed by atoms with Crippen LogP contribution in [0.5, 0.6) is 0 Å². The molecule has 23 heavy (non-hydrogen) atoms. The van der Waals surface area contributed by atoms with E-state index in [1.165, 1.54) is 6.26 Å². The van der Waals surface area contributed by atoms with Crippen LogP contribution < -0.4 is 4.90 Å². The molecule has 0 N–H and O–H groups in total. The van der Waals surface area contributed by atoms with Crippen LogP contribution in [0.3, 0.4) is 0 Å². The predicted octanol–water partition coefficient (Wildman–Crippen LogP) is 1.80. The van der Waals surface area contributed by atoms with E-state index in [4.69, 9.17) is 4.42 Å². The highest BCUT2D eigenvalue weighted by Gasteiger charge is 2.45. The Morgan fingerprint density at radius 2 is 2.17 bits per heavy atom. The van der Waals surface area contributed by atoms with Crippen LogP contribution in [0.15, 0.2) is 47.3 Å². The Kier molecular flexibility index (Phi) is 3.37. The second kappa shape index (κ2) is 5.53. The van der Waals surface area contributed by atoms with Gasteiger partial charge in [-0.05, 0) is 36.6 Å². The average Bonchev–Trinajstić information content (AvgIpc) is 3.25. The molecule has 0 bridgehead atoms. The van der Waals surface area contributed by atoms with Crippen LogP contribution in [0.25, 0.3) is 0 Å². The number of aromatic nitrogens is 1. The zero-order valence-corrected chi connectivity index (χ0v) is 12.6. The van der Waals surface area contributed by atoms with E-state index in [1.54, 1.807) is 34.3 Å². The highest BCUT2D eigenvalue weighted by Crippen LogP contribution is 2.34. The van der Waals surface area contributed by atoms with Crippen LogP contribution >= 0.6 is 0 Å². The number of hydrogen-bond donors (Lipinski definition) is 0. The fourth-order valence-electron chi connectivity index (χ4n) is 3.54. The van der Waals surface area contributed by atoms with E-state index >= 15 is 0 Å². The highest BCUT2D eigenvalue weighted by molar-refractivity contribution is 5.98. The lowest BCUT2D eigenvalue weighted by atomic mass is 9.88. The van der Waals surface area contributed by atoms with Crippen molar-refractivity contribution in [3.63, 3.8) is 0 Å². The molecule has 2 saturated heterocycles. The molecule has 0 aromatic carbocycles. The van der Waals surface area contributed by atoms with Crippen LogP contribution in [0.2, 0.25) is 0 Å². The van der Waals surface area contributed by atoms with Crippen LogP contribution in [-0.4, -0.2) is 41.3 Å². The van der Waals surface area contributed by atoms with Crippen LogP contribution in [0, 0.1) is 11.8 Å². The molecule has 0 saturated carbocycles. The number of carbonyl (C=O) groups is 2. The number of piperidine rings is 1. The van der Waals surface area contributed by atoms with Gasteiger partial charge in [-0.3, -0.25) is 14.6 Å². The number of fused-ring (bicyclic) bond motifs is 1. The number of anilines is 1. The molecule has 2 aromatic rings. The van der Waals surface area contributed by atoms with Crippen molar-refractivity contribution in [3.05, 3.63) is 48.7 Å². The van der Waals surface area contributed by atoms with Crippen LogP contribution in [-0.2, 0) is 4.79 Å². The van der Waals surface area contributed by atoms with Crippen molar-refractivity contribution in [1.82, 2.24) is 9.88 Å².